The number of nitro benzene ring substituents is 1. The normalized spacial score (nSPS) is 11.2. The molecule has 2 rings (SSSR count). The number of nitrogens with zero attached hydrogens (tertiary/aromatic N) is 2. The molecule has 0 radical (unpaired) electrons. The van der Waals surface area contributed by atoms with Crippen molar-refractivity contribution in [1.82, 2.24) is 0 Å². The minimum Gasteiger partial charge on any atom is -0.481 e. The highest BCUT2D eigenvalue weighted by Crippen LogP contribution is 2.30. The number of carboxylic acid groups (broad SMARTS) is 1. The molecule has 2 aromatic rings. The first-order chi connectivity index (χ1) is 12.1. The minimum absolute atomic E-state index is 0.0197. The van der Waals surface area contributed by atoms with Gasteiger partial charge in [0.2, 0.25) is 0 Å². The Kier molecular flexibility index (Phi) is 5.61. The molecule has 0 fully saturated rings. The molecule has 1 N–H and O–H groups in total. The number of sulfonamides is 1. The zero-order chi connectivity index (χ0) is 19.5. The van der Waals surface area contributed by atoms with Gasteiger partial charge in [0, 0.05) is 18.7 Å². The minimum atomic E-state index is -4.02. The van der Waals surface area contributed by atoms with E-state index >= 15 is 0 Å². The maximum absolute atomic E-state index is 13.0. The fourth-order valence-corrected chi connectivity index (χ4v) is 3.97. The third-order valence-electron chi connectivity index (χ3n) is 3.80. The van der Waals surface area contributed by atoms with Crippen LogP contribution in [0.3, 0.4) is 0 Å². The Labute approximate surface area is 150 Å². The lowest BCUT2D eigenvalue weighted by atomic mass is 10.2. The lowest BCUT2D eigenvalue weighted by Crippen LogP contribution is -2.33. The van der Waals surface area contributed by atoms with E-state index in [2.05, 4.69) is 0 Å². The average molecular weight is 378 g/mol. The van der Waals surface area contributed by atoms with Gasteiger partial charge >= 0.3 is 5.97 Å². The van der Waals surface area contributed by atoms with Crippen molar-refractivity contribution in [3.05, 3.63) is 63.7 Å². The molecule has 26 heavy (non-hydrogen) atoms. The van der Waals surface area contributed by atoms with Gasteiger partial charge in [0.1, 0.15) is 0 Å². The maximum atomic E-state index is 13.0. The Morgan fingerprint density at radius 3 is 2.27 bits per heavy atom. The summed E-state index contributed by atoms with van der Waals surface area (Å²) in [5.74, 6) is -1.14. The van der Waals surface area contributed by atoms with Gasteiger partial charge in [-0.3, -0.25) is 19.2 Å². The number of hydrogen-bond acceptors (Lipinski definition) is 5. The second-order valence-corrected chi connectivity index (χ2v) is 7.62. The molecule has 0 saturated heterocycles. The third kappa shape index (κ3) is 4.17. The van der Waals surface area contributed by atoms with Crippen molar-refractivity contribution in [2.24, 2.45) is 0 Å². The van der Waals surface area contributed by atoms with E-state index in [1.54, 1.807) is 19.1 Å². The Morgan fingerprint density at radius 2 is 1.77 bits per heavy atom. The number of non-ortho nitro benzene ring substituents is 1. The molecule has 0 bridgehead atoms. The zero-order valence-corrected chi connectivity index (χ0v) is 15.1. The number of aryl methyl sites for hydroxylation is 2. The van der Waals surface area contributed by atoms with Gasteiger partial charge in [-0.1, -0.05) is 17.7 Å². The SMILES string of the molecule is Cc1ccc(S(=O)(=O)N(CCC(=O)O)c2ccc([N+](=O)[O-])cc2C)cc1. The first kappa shape index (κ1) is 19.4. The molecule has 0 heterocycles. The average Bonchev–Trinajstić information content (AvgIpc) is 2.56. The number of carboxylic acids is 1. The predicted molar refractivity (Wildman–Crippen MR) is 95.8 cm³/mol. The predicted octanol–water partition coefficient (Wildman–Crippen LogP) is 2.88. The summed E-state index contributed by atoms with van der Waals surface area (Å²) in [6.45, 7) is 3.07. The maximum Gasteiger partial charge on any atom is 0.305 e. The molecule has 0 amide bonds. The van der Waals surface area contributed by atoms with Crippen LogP contribution in [0.25, 0.3) is 0 Å². The summed E-state index contributed by atoms with van der Waals surface area (Å²) in [6, 6.07) is 9.95. The van der Waals surface area contributed by atoms with Crippen LogP contribution in [0, 0.1) is 24.0 Å². The number of hydrogen-bond donors (Lipinski definition) is 1. The Morgan fingerprint density at radius 1 is 1.15 bits per heavy atom. The van der Waals surface area contributed by atoms with Crippen LogP contribution >= 0.6 is 0 Å². The molecule has 0 unspecified atom stereocenters. The fourth-order valence-electron chi connectivity index (χ4n) is 2.44. The monoisotopic (exact) mass is 378 g/mol. The summed E-state index contributed by atoms with van der Waals surface area (Å²) in [7, 11) is -4.02. The van der Waals surface area contributed by atoms with Gasteiger partial charge in [0.25, 0.3) is 15.7 Å². The summed E-state index contributed by atoms with van der Waals surface area (Å²) in [5.41, 5.74) is 1.28. The first-order valence-corrected chi connectivity index (χ1v) is 9.13. The lowest BCUT2D eigenvalue weighted by molar-refractivity contribution is -0.384. The second-order valence-electron chi connectivity index (χ2n) is 5.76. The van der Waals surface area contributed by atoms with E-state index in [1.165, 1.54) is 30.3 Å². The number of rotatable bonds is 7. The van der Waals surface area contributed by atoms with E-state index in [1.807, 2.05) is 6.92 Å². The van der Waals surface area contributed by atoms with Crippen LogP contribution in [-0.2, 0) is 14.8 Å². The van der Waals surface area contributed by atoms with Crippen molar-refractivity contribution in [2.75, 3.05) is 10.8 Å². The largest absolute Gasteiger partial charge is 0.481 e. The molecule has 0 aliphatic heterocycles. The summed E-state index contributed by atoms with van der Waals surface area (Å²) in [5, 5.41) is 19.9. The van der Waals surface area contributed by atoms with Crippen LogP contribution in [0.2, 0.25) is 0 Å². The lowest BCUT2D eigenvalue weighted by Gasteiger charge is -2.25. The summed E-state index contributed by atoms with van der Waals surface area (Å²) < 4.78 is 27.0. The molecule has 0 aromatic heterocycles. The van der Waals surface area contributed by atoms with Crippen LogP contribution in [0.4, 0.5) is 11.4 Å². The number of anilines is 1. The number of aliphatic carboxylic acids is 1. The number of nitro groups is 1. The Hall–Kier alpha value is -2.94. The highest BCUT2D eigenvalue weighted by Gasteiger charge is 2.27. The standard InChI is InChI=1S/C17H18N2O6S/c1-12-3-6-15(7-4-12)26(24,25)18(10-9-17(20)21)16-8-5-14(19(22)23)11-13(16)2/h3-8,11H,9-10H2,1-2H3,(H,20,21). The number of carbonyl (C=O) groups is 1. The highest BCUT2D eigenvalue weighted by molar-refractivity contribution is 7.92. The van der Waals surface area contributed by atoms with E-state index < -0.39 is 27.3 Å². The molecule has 0 aliphatic rings. The molecular weight excluding hydrogens is 360 g/mol. The van der Waals surface area contributed by atoms with Gasteiger partial charge in [0.05, 0.1) is 21.9 Å². The van der Waals surface area contributed by atoms with Crippen LogP contribution in [0.5, 0.6) is 0 Å². The number of benzene rings is 2. The van der Waals surface area contributed by atoms with Crippen LogP contribution in [0.1, 0.15) is 17.5 Å². The van der Waals surface area contributed by atoms with Crippen molar-refractivity contribution in [3.8, 4) is 0 Å². The fraction of sp³-hybridized carbons (Fsp3) is 0.235. The molecule has 8 nitrogen and oxygen atoms in total. The van der Waals surface area contributed by atoms with Crippen molar-refractivity contribution >= 4 is 27.4 Å². The van der Waals surface area contributed by atoms with Gasteiger partial charge in [-0.15, -0.1) is 0 Å². The van der Waals surface area contributed by atoms with E-state index in [4.69, 9.17) is 5.11 Å². The van der Waals surface area contributed by atoms with Crippen molar-refractivity contribution < 1.29 is 23.2 Å². The van der Waals surface area contributed by atoms with Crippen LogP contribution in [-0.4, -0.2) is 31.0 Å². The topological polar surface area (TPSA) is 118 Å². The van der Waals surface area contributed by atoms with E-state index in [0.717, 1.165) is 9.87 Å². The van der Waals surface area contributed by atoms with Crippen molar-refractivity contribution in [1.29, 1.82) is 0 Å². The molecule has 0 saturated carbocycles. The van der Waals surface area contributed by atoms with Gasteiger partial charge in [-0.2, -0.15) is 0 Å². The molecule has 138 valence electrons. The van der Waals surface area contributed by atoms with E-state index in [9.17, 15) is 23.3 Å². The molecule has 9 heteroatoms. The molecule has 0 aliphatic carbocycles. The van der Waals surface area contributed by atoms with Gasteiger partial charge in [-0.25, -0.2) is 8.42 Å². The van der Waals surface area contributed by atoms with Gasteiger partial charge in [0.15, 0.2) is 0 Å². The third-order valence-corrected chi connectivity index (χ3v) is 5.63. The van der Waals surface area contributed by atoms with E-state index in [-0.39, 0.29) is 22.8 Å². The van der Waals surface area contributed by atoms with Crippen molar-refractivity contribution in [2.45, 2.75) is 25.2 Å². The Balaban J connectivity index is 2.54. The quantitative estimate of drug-likeness (QED) is 0.585. The highest BCUT2D eigenvalue weighted by atomic mass is 32.2. The molecular formula is C17H18N2O6S. The first-order valence-electron chi connectivity index (χ1n) is 7.69. The van der Waals surface area contributed by atoms with Crippen LogP contribution in [0.15, 0.2) is 47.4 Å². The van der Waals surface area contributed by atoms with E-state index in [0.29, 0.717) is 5.56 Å². The van der Waals surface area contributed by atoms with Gasteiger partial charge in [-0.05, 0) is 37.6 Å². The molecule has 0 atom stereocenters. The van der Waals surface area contributed by atoms with Crippen molar-refractivity contribution in [3.63, 3.8) is 0 Å². The molecule has 2 aromatic carbocycles. The zero-order valence-electron chi connectivity index (χ0n) is 14.2. The molecule has 0 spiro atoms. The second kappa shape index (κ2) is 7.52. The summed E-state index contributed by atoms with van der Waals surface area (Å²) >= 11 is 0. The summed E-state index contributed by atoms with van der Waals surface area (Å²) in [4.78, 5) is 21.3. The van der Waals surface area contributed by atoms with Gasteiger partial charge < -0.3 is 5.11 Å². The van der Waals surface area contributed by atoms with Crippen LogP contribution < -0.4 is 4.31 Å². The Bertz CT molecular complexity index is 938. The smallest absolute Gasteiger partial charge is 0.305 e. The summed E-state index contributed by atoms with van der Waals surface area (Å²) in [6.07, 6.45) is -0.401.